The monoisotopic (exact) mass is 251 g/mol. The van der Waals surface area contributed by atoms with E-state index in [2.05, 4.69) is 31.9 Å². The quantitative estimate of drug-likeness (QED) is 0.742. The van der Waals surface area contributed by atoms with Gasteiger partial charge in [0.1, 0.15) is 11.5 Å². The van der Waals surface area contributed by atoms with Gasteiger partial charge in [0, 0.05) is 24.2 Å². The molecule has 0 atom stereocenters. The molecule has 0 amide bonds. The van der Waals surface area contributed by atoms with E-state index in [0.29, 0.717) is 6.04 Å². The van der Waals surface area contributed by atoms with Crippen LogP contribution in [0.5, 0.6) is 11.5 Å². The van der Waals surface area contributed by atoms with E-state index in [1.165, 1.54) is 18.4 Å². The van der Waals surface area contributed by atoms with Gasteiger partial charge in [0.15, 0.2) is 0 Å². The third kappa shape index (κ3) is 3.64. The van der Waals surface area contributed by atoms with Crippen LogP contribution in [0.25, 0.3) is 0 Å². The first-order chi connectivity index (χ1) is 8.65. The molecule has 0 radical (unpaired) electrons. The molecule has 0 saturated heterocycles. The van der Waals surface area contributed by atoms with Crippen molar-refractivity contribution in [1.29, 1.82) is 0 Å². The van der Waals surface area contributed by atoms with Crippen LogP contribution in [-0.4, -0.2) is 32.2 Å². The SMILES string of the molecule is CCC(CC)N(C)Cc1ccc(OC)cc1OC. The molecule has 0 N–H and O–H groups in total. The van der Waals surface area contributed by atoms with Crippen LogP contribution in [0.4, 0.5) is 0 Å². The highest BCUT2D eigenvalue weighted by Gasteiger charge is 2.13. The minimum Gasteiger partial charge on any atom is -0.497 e. The predicted octanol–water partition coefficient (Wildman–Crippen LogP) is 3.32. The van der Waals surface area contributed by atoms with E-state index in [9.17, 15) is 0 Å². The molecule has 1 aromatic carbocycles. The van der Waals surface area contributed by atoms with Crippen LogP contribution in [0, 0.1) is 0 Å². The number of rotatable bonds is 7. The highest BCUT2D eigenvalue weighted by Crippen LogP contribution is 2.26. The van der Waals surface area contributed by atoms with Crippen molar-refractivity contribution in [2.45, 2.75) is 39.3 Å². The Labute approximate surface area is 111 Å². The predicted molar refractivity (Wildman–Crippen MR) is 75.4 cm³/mol. The van der Waals surface area contributed by atoms with E-state index in [-0.39, 0.29) is 0 Å². The third-order valence-electron chi connectivity index (χ3n) is 3.48. The molecule has 0 bridgehead atoms. The van der Waals surface area contributed by atoms with Gasteiger partial charge in [-0.1, -0.05) is 19.9 Å². The van der Waals surface area contributed by atoms with Crippen molar-refractivity contribution >= 4 is 0 Å². The normalized spacial score (nSPS) is 11.1. The molecule has 3 heteroatoms. The fraction of sp³-hybridized carbons (Fsp3) is 0.600. The maximum absolute atomic E-state index is 5.43. The van der Waals surface area contributed by atoms with Crippen molar-refractivity contribution in [3.63, 3.8) is 0 Å². The van der Waals surface area contributed by atoms with Gasteiger partial charge >= 0.3 is 0 Å². The second-order valence-corrected chi connectivity index (χ2v) is 4.56. The molecule has 0 aromatic heterocycles. The van der Waals surface area contributed by atoms with Crippen LogP contribution in [-0.2, 0) is 6.54 Å². The molecular formula is C15H25NO2. The van der Waals surface area contributed by atoms with Crippen LogP contribution in [0.2, 0.25) is 0 Å². The second-order valence-electron chi connectivity index (χ2n) is 4.56. The summed E-state index contributed by atoms with van der Waals surface area (Å²) in [6.07, 6.45) is 2.34. The second kappa shape index (κ2) is 7.27. The smallest absolute Gasteiger partial charge is 0.127 e. The molecule has 0 heterocycles. The summed E-state index contributed by atoms with van der Waals surface area (Å²) >= 11 is 0. The summed E-state index contributed by atoms with van der Waals surface area (Å²) in [5, 5.41) is 0. The van der Waals surface area contributed by atoms with Crippen molar-refractivity contribution in [2.24, 2.45) is 0 Å². The van der Waals surface area contributed by atoms with Gasteiger partial charge in [0.2, 0.25) is 0 Å². The number of methoxy groups -OCH3 is 2. The van der Waals surface area contributed by atoms with Crippen LogP contribution in [0.3, 0.4) is 0 Å². The van der Waals surface area contributed by atoms with Crippen molar-refractivity contribution in [2.75, 3.05) is 21.3 Å². The Morgan fingerprint density at radius 3 is 2.28 bits per heavy atom. The van der Waals surface area contributed by atoms with Gasteiger partial charge in [0.05, 0.1) is 14.2 Å². The molecule has 0 saturated carbocycles. The fourth-order valence-electron chi connectivity index (χ4n) is 2.29. The van der Waals surface area contributed by atoms with Crippen molar-refractivity contribution in [1.82, 2.24) is 4.90 Å². The van der Waals surface area contributed by atoms with Gasteiger partial charge in [-0.15, -0.1) is 0 Å². The molecule has 18 heavy (non-hydrogen) atoms. The summed E-state index contributed by atoms with van der Waals surface area (Å²) in [4.78, 5) is 2.38. The highest BCUT2D eigenvalue weighted by molar-refractivity contribution is 5.40. The van der Waals surface area contributed by atoms with Gasteiger partial charge in [0.25, 0.3) is 0 Å². The molecule has 3 nitrogen and oxygen atoms in total. The maximum atomic E-state index is 5.43. The zero-order valence-corrected chi connectivity index (χ0v) is 12.2. The molecular weight excluding hydrogens is 226 g/mol. The minimum atomic E-state index is 0.622. The number of benzene rings is 1. The van der Waals surface area contributed by atoms with Gasteiger partial charge in [-0.25, -0.2) is 0 Å². The molecule has 0 aliphatic carbocycles. The average molecular weight is 251 g/mol. The van der Waals surface area contributed by atoms with E-state index in [1.54, 1.807) is 14.2 Å². The zero-order chi connectivity index (χ0) is 13.5. The Kier molecular flexibility index (Phi) is 5.99. The fourth-order valence-corrected chi connectivity index (χ4v) is 2.29. The summed E-state index contributed by atoms with van der Waals surface area (Å²) in [5.74, 6) is 1.73. The number of hydrogen-bond donors (Lipinski definition) is 0. The van der Waals surface area contributed by atoms with Crippen LogP contribution in [0.15, 0.2) is 18.2 Å². The van der Waals surface area contributed by atoms with Crippen molar-refractivity contribution < 1.29 is 9.47 Å². The van der Waals surface area contributed by atoms with E-state index in [1.807, 2.05) is 12.1 Å². The summed E-state index contributed by atoms with van der Waals surface area (Å²) in [6.45, 7) is 5.37. The zero-order valence-electron chi connectivity index (χ0n) is 12.2. The summed E-state index contributed by atoms with van der Waals surface area (Å²) in [6, 6.07) is 6.63. The van der Waals surface area contributed by atoms with Crippen LogP contribution >= 0.6 is 0 Å². The Hall–Kier alpha value is -1.22. The summed E-state index contributed by atoms with van der Waals surface area (Å²) < 4.78 is 10.6. The molecule has 102 valence electrons. The number of hydrogen-bond acceptors (Lipinski definition) is 3. The van der Waals surface area contributed by atoms with Gasteiger partial charge < -0.3 is 9.47 Å². The Morgan fingerprint density at radius 2 is 1.78 bits per heavy atom. The molecule has 0 spiro atoms. The highest BCUT2D eigenvalue weighted by atomic mass is 16.5. The first-order valence-corrected chi connectivity index (χ1v) is 6.57. The number of ether oxygens (including phenoxy) is 2. The van der Waals surface area contributed by atoms with Crippen molar-refractivity contribution in [3.8, 4) is 11.5 Å². The van der Waals surface area contributed by atoms with Crippen molar-refractivity contribution in [3.05, 3.63) is 23.8 Å². The van der Waals surface area contributed by atoms with E-state index < -0.39 is 0 Å². The molecule has 0 fully saturated rings. The molecule has 0 aliphatic heterocycles. The van der Waals surface area contributed by atoms with Gasteiger partial charge in [-0.2, -0.15) is 0 Å². The minimum absolute atomic E-state index is 0.622. The van der Waals surface area contributed by atoms with Crippen LogP contribution in [0.1, 0.15) is 32.3 Å². The molecule has 1 rings (SSSR count). The Morgan fingerprint density at radius 1 is 1.11 bits per heavy atom. The largest absolute Gasteiger partial charge is 0.497 e. The van der Waals surface area contributed by atoms with E-state index >= 15 is 0 Å². The standard InChI is InChI=1S/C15H25NO2/c1-6-13(7-2)16(3)11-12-8-9-14(17-4)10-15(12)18-5/h8-10,13H,6-7,11H2,1-5H3. The molecule has 0 unspecified atom stereocenters. The Bertz CT molecular complexity index is 362. The van der Waals surface area contributed by atoms with Gasteiger partial charge in [-0.3, -0.25) is 4.90 Å². The third-order valence-corrected chi connectivity index (χ3v) is 3.48. The Balaban J connectivity index is 2.83. The summed E-state index contributed by atoms with van der Waals surface area (Å²) in [7, 11) is 5.54. The topological polar surface area (TPSA) is 21.7 Å². The average Bonchev–Trinajstić information content (AvgIpc) is 2.40. The number of nitrogens with zero attached hydrogens (tertiary/aromatic N) is 1. The summed E-state index contributed by atoms with van der Waals surface area (Å²) in [5.41, 5.74) is 1.20. The first-order valence-electron chi connectivity index (χ1n) is 6.57. The lowest BCUT2D eigenvalue weighted by atomic mass is 10.1. The first kappa shape index (κ1) is 14.8. The maximum Gasteiger partial charge on any atom is 0.127 e. The van der Waals surface area contributed by atoms with Gasteiger partial charge in [-0.05, 0) is 26.0 Å². The lowest BCUT2D eigenvalue weighted by Gasteiger charge is -2.26. The molecule has 0 aliphatic rings. The van der Waals surface area contributed by atoms with Crippen LogP contribution < -0.4 is 9.47 Å². The molecule has 1 aromatic rings. The lowest BCUT2D eigenvalue weighted by Crippen LogP contribution is -2.30. The lowest BCUT2D eigenvalue weighted by molar-refractivity contribution is 0.219. The van der Waals surface area contributed by atoms with E-state index in [0.717, 1.165) is 18.0 Å². The van der Waals surface area contributed by atoms with E-state index in [4.69, 9.17) is 9.47 Å².